The molecule has 2 amide bonds. The first kappa shape index (κ1) is 29.3. The SMILES string of the molecule is COc1cc2nccc(Oc3ccc(NC(=O)/C(=C/NCC(=O)O)C(=O)Nc4ccc(F)cc4)cc3F)c2cc1OC. The van der Waals surface area contributed by atoms with E-state index in [9.17, 15) is 18.8 Å². The molecular formula is C29H24F2N4O7. The van der Waals surface area contributed by atoms with Gasteiger partial charge in [0.05, 0.1) is 19.7 Å². The van der Waals surface area contributed by atoms with Crippen LogP contribution < -0.4 is 30.2 Å². The highest BCUT2D eigenvalue weighted by Crippen LogP contribution is 2.37. The Morgan fingerprint density at radius 3 is 2.12 bits per heavy atom. The van der Waals surface area contributed by atoms with Crippen molar-refractivity contribution in [2.45, 2.75) is 0 Å². The van der Waals surface area contributed by atoms with E-state index in [1.54, 1.807) is 18.2 Å². The molecule has 0 aliphatic carbocycles. The van der Waals surface area contributed by atoms with E-state index in [0.29, 0.717) is 22.4 Å². The molecule has 0 unspecified atom stereocenters. The van der Waals surface area contributed by atoms with E-state index in [4.69, 9.17) is 19.3 Å². The zero-order valence-electron chi connectivity index (χ0n) is 22.2. The largest absolute Gasteiger partial charge is 0.493 e. The molecule has 4 aromatic rings. The minimum absolute atomic E-state index is 0.0189. The number of aromatic nitrogens is 1. The van der Waals surface area contributed by atoms with Gasteiger partial charge < -0.3 is 35.3 Å². The number of hydrogen-bond acceptors (Lipinski definition) is 8. The molecule has 0 spiro atoms. The molecule has 42 heavy (non-hydrogen) atoms. The summed E-state index contributed by atoms with van der Waals surface area (Å²) in [6.07, 6.45) is 2.40. The van der Waals surface area contributed by atoms with E-state index >= 15 is 4.39 Å². The molecule has 0 atom stereocenters. The molecule has 0 radical (unpaired) electrons. The fourth-order valence-corrected chi connectivity index (χ4v) is 3.72. The number of carboxylic acids is 1. The highest BCUT2D eigenvalue weighted by atomic mass is 19.1. The van der Waals surface area contributed by atoms with Crippen LogP contribution in [-0.2, 0) is 14.4 Å². The number of benzene rings is 3. The van der Waals surface area contributed by atoms with Crippen LogP contribution >= 0.6 is 0 Å². The van der Waals surface area contributed by atoms with Crippen LogP contribution in [0.4, 0.5) is 20.2 Å². The molecule has 0 saturated carbocycles. The maximum atomic E-state index is 15.1. The lowest BCUT2D eigenvalue weighted by atomic mass is 10.1. The third-order valence-corrected chi connectivity index (χ3v) is 5.71. The molecule has 216 valence electrons. The number of fused-ring (bicyclic) bond motifs is 1. The second-order valence-corrected chi connectivity index (χ2v) is 8.53. The number of carbonyl (C=O) groups is 3. The minimum Gasteiger partial charge on any atom is -0.493 e. The van der Waals surface area contributed by atoms with Crippen LogP contribution in [0.2, 0.25) is 0 Å². The number of hydrogen-bond donors (Lipinski definition) is 4. The first-order chi connectivity index (χ1) is 20.2. The van der Waals surface area contributed by atoms with Crippen molar-refractivity contribution in [3.05, 3.63) is 90.3 Å². The average molecular weight is 579 g/mol. The molecular weight excluding hydrogens is 554 g/mol. The lowest BCUT2D eigenvalue weighted by Gasteiger charge is -2.14. The van der Waals surface area contributed by atoms with Crippen LogP contribution in [0.1, 0.15) is 0 Å². The first-order valence-electron chi connectivity index (χ1n) is 12.2. The normalized spacial score (nSPS) is 11.0. The second-order valence-electron chi connectivity index (χ2n) is 8.53. The van der Waals surface area contributed by atoms with E-state index < -0.39 is 41.5 Å². The van der Waals surface area contributed by atoms with Gasteiger partial charge in [0, 0.05) is 41.3 Å². The lowest BCUT2D eigenvalue weighted by Crippen LogP contribution is -2.28. The molecule has 3 aromatic carbocycles. The van der Waals surface area contributed by atoms with Crippen LogP contribution in [0.25, 0.3) is 10.9 Å². The highest BCUT2D eigenvalue weighted by molar-refractivity contribution is 6.26. The standard InChI is InChI=1S/C29H24F2N4O7/c1-40-25-12-19-22(13-26(25)41-2)33-10-9-23(19)42-24-8-7-18(11-21(24)31)35-29(39)20(14-32-15-27(36)37)28(38)34-17-5-3-16(30)4-6-17/h3-14,32H,15H2,1-2H3,(H,34,38)(H,35,39)(H,36,37)/b20-14+. The van der Waals surface area contributed by atoms with Gasteiger partial charge in [0.1, 0.15) is 23.7 Å². The Morgan fingerprint density at radius 1 is 0.833 bits per heavy atom. The van der Waals surface area contributed by atoms with Gasteiger partial charge in [-0.1, -0.05) is 0 Å². The van der Waals surface area contributed by atoms with Gasteiger partial charge in [-0.25, -0.2) is 8.78 Å². The van der Waals surface area contributed by atoms with Crippen molar-refractivity contribution in [2.75, 3.05) is 31.4 Å². The van der Waals surface area contributed by atoms with Gasteiger partial charge in [0.15, 0.2) is 23.1 Å². The summed E-state index contributed by atoms with van der Waals surface area (Å²) in [5, 5.41) is 16.6. The van der Waals surface area contributed by atoms with Gasteiger partial charge in [0.2, 0.25) is 0 Å². The van der Waals surface area contributed by atoms with Gasteiger partial charge in [0.25, 0.3) is 11.8 Å². The third-order valence-electron chi connectivity index (χ3n) is 5.71. The predicted molar refractivity (Wildman–Crippen MR) is 149 cm³/mol. The van der Waals surface area contributed by atoms with Crippen molar-refractivity contribution in [1.82, 2.24) is 10.3 Å². The summed E-state index contributed by atoms with van der Waals surface area (Å²) in [6, 6.07) is 13.2. The molecule has 13 heteroatoms. The van der Waals surface area contributed by atoms with Gasteiger partial charge in [-0.05, 0) is 48.5 Å². The molecule has 11 nitrogen and oxygen atoms in total. The van der Waals surface area contributed by atoms with Crippen molar-refractivity contribution in [3.8, 4) is 23.0 Å². The number of pyridine rings is 1. The number of aliphatic carboxylic acids is 1. The number of ether oxygens (including phenoxy) is 3. The lowest BCUT2D eigenvalue weighted by molar-refractivity contribution is -0.135. The summed E-state index contributed by atoms with van der Waals surface area (Å²) in [6.45, 7) is -0.580. The molecule has 4 rings (SSSR count). The number of carboxylic acid groups (broad SMARTS) is 1. The summed E-state index contributed by atoms with van der Waals surface area (Å²) < 4.78 is 44.7. The maximum absolute atomic E-state index is 15.1. The summed E-state index contributed by atoms with van der Waals surface area (Å²) >= 11 is 0. The Labute approximate surface area is 237 Å². The predicted octanol–water partition coefficient (Wildman–Crippen LogP) is 4.46. The van der Waals surface area contributed by atoms with Gasteiger partial charge in [-0.15, -0.1) is 0 Å². The van der Waals surface area contributed by atoms with E-state index in [1.807, 2.05) is 0 Å². The molecule has 0 aliphatic rings. The van der Waals surface area contributed by atoms with Crippen molar-refractivity contribution in [2.24, 2.45) is 0 Å². The van der Waals surface area contributed by atoms with Gasteiger partial charge in [-0.3, -0.25) is 19.4 Å². The van der Waals surface area contributed by atoms with Crippen molar-refractivity contribution >= 4 is 40.1 Å². The fourth-order valence-electron chi connectivity index (χ4n) is 3.72. The molecule has 0 saturated heterocycles. The Balaban J connectivity index is 1.54. The molecule has 1 aromatic heterocycles. The average Bonchev–Trinajstić information content (AvgIpc) is 2.97. The van der Waals surface area contributed by atoms with E-state index in [1.165, 1.54) is 44.7 Å². The summed E-state index contributed by atoms with van der Waals surface area (Å²) in [4.78, 5) is 40.9. The van der Waals surface area contributed by atoms with Crippen LogP contribution in [-0.4, -0.2) is 48.6 Å². The van der Waals surface area contributed by atoms with E-state index in [2.05, 4.69) is 20.9 Å². The molecule has 0 bridgehead atoms. The number of amides is 2. The number of carbonyl (C=O) groups excluding carboxylic acids is 2. The smallest absolute Gasteiger partial charge is 0.322 e. The Hall–Kier alpha value is -5.72. The number of methoxy groups -OCH3 is 2. The Bertz CT molecular complexity index is 1680. The molecule has 0 aliphatic heterocycles. The van der Waals surface area contributed by atoms with Crippen LogP contribution in [0.15, 0.2) is 78.6 Å². The van der Waals surface area contributed by atoms with Crippen LogP contribution in [0.5, 0.6) is 23.0 Å². The number of anilines is 2. The topological polar surface area (TPSA) is 148 Å². The fraction of sp³-hybridized carbons (Fsp3) is 0.103. The van der Waals surface area contributed by atoms with Crippen molar-refractivity contribution in [3.63, 3.8) is 0 Å². The highest BCUT2D eigenvalue weighted by Gasteiger charge is 2.20. The minimum atomic E-state index is -1.23. The number of nitrogens with zero attached hydrogens (tertiary/aromatic N) is 1. The molecule has 4 N–H and O–H groups in total. The third kappa shape index (κ3) is 7.07. The quantitative estimate of drug-likeness (QED) is 0.115. The number of halogens is 2. The zero-order chi connectivity index (χ0) is 30.2. The van der Waals surface area contributed by atoms with Gasteiger partial charge in [-0.2, -0.15) is 0 Å². The second kappa shape index (κ2) is 13.1. The number of rotatable bonds is 11. The van der Waals surface area contributed by atoms with Gasteiger partial charge >= 0.3 is 5.97 Å². The van der Waals surface area contributed by atoms with E-state index in [0.717, 1.165) is 24.4 Å². The van der Waals surface area contributed by atoms with Crippen LogP contribution in [0.3, 0.4) is 0 Å². The molecule has 0 fully saturated rings. The zero-order valence-corrected chi connectivity index (χ0v) is 22.2. The Morgan fingerprint density at radius 2 is 1.48 bits per heavy atom. The molecule has 1 heterocycles. The van der Waals surface area contributed by atoms with Crippen molar-refractivity contribution < 1.29 is 42.5 Å². The maximum Gasteiger partial charge on any atom is 0.322 e. The van der Waals surface area contributed by atoms with E-state index in [-0.39, 0.29) is 22.9 Å². The first-order valence-corrected chi connectivity index (χ1v) is 12.2. The number of nitrogens with one attached hydrogen (secondary N) is 3. The summed E-state index contributed by atoms with van der Waals surface area (Å²) in [7, 11) is 2.96. The van der Waals surface area contributed by atoms with Crippen LogP contribution in [0, 0.1) is 11.6 Å². The van der Waals surface area contributed by atoms with Crippen molar-refractivity contribution in [1.29, 1.82) is 0 Å². The Kier molecular flexibility index (Phi) is 9.12. The summed E-state index contributed by atoms with van der Waals surface area (Å²) in [5.74, 6) is -3.49. The monoisotopic (exact) mass is 578 g/mol. The summed E-state index contributed by atoms with van der Waals surface area (Å²) in [5.41, 5.74) is 0.165.